The monoisotopic (exact) mass is 394 g/mol. The highest BCUT2D eigenvalue weighted by Gasteiger charge is 2.71. The summed E-state index contributed by atoms with van der Waals surface area (Å²) in [4.78, 5) is 21.3. The topological polar surface area (TPSA) is 82.7 Å². The van der Waals surface area contributed by atoms with Crippen molar-refractivity contribution in [2.45, 2.75) is 25.4 Å². The van der Waals surface area contributed by atoms with E-state index in [-0.39, 0.29) is 17.2 Å². The van der Waals surface area contributed by atoms with Crippen LogP contribution in [0.5, 0.6) is 0 Å². The van der Waals surface area contributed by atoms with Gasteiger partial charge in [-0.2, -0.15) is 0 Å². The number of nitrogens with two attached hydrogens (primary N) is 1. The zero-order chi connectivity index (χ0) is 20.6. The average Bonchev–Trinajstić information content (AvgIpc) is 3.20. The number of benzene rings is 1. The van der Waals surface area contributed by atoms with Crippen LogP contribution in [-0.2, 0) is 0 Å². The van der Waals surface area contributed by atoms with Crippen molar-refractivity contribution in [3.63, 3.8) is 0 Å². The SMILES string of the molecule is CCCN(C)C[C@@H]1[C@@H](c2ccccc2)[C@]12CN(C(=O)c1cccc(N)n1)C[C@H]2O. The van der Waals surface area contributed by atoms with E-state index >= 15 is 0 Å². The molecular weight excluding hydrogens is 364 g/mol. The Hall–Kier alpha value is -2.44. The number of aromatic nitrogens is 1. The Kier molecular flexibility index (Phi) is 5.32. The Balaban J connectivity index is 1.59. The van der Waals surface area contributed by atoms with Gasteiger partial charge in [-0.3, -0.25) is 4.79 Å². The van der Waals surface area contributed by atoms with Gasteiger partial charge in [-0.1, -0.05) is 43.3 Å². The molecule has 4 rings (SSSR count). The second kappa shape index (κ2) is 7.76. The van der Waals surface area contributed by atoms with Crippen molar-refractivity contribution >= 4 is 11.7 Å². The van der Waals surface area contributed by atoms with Crippen molar-refractivity contribution < 1.29 is 9.90 Å². The minimum absolute atomic E-state index is 0.160. The smallest absolute Gasteiger partial charge is 0.272 e. The number of anilines is 1. The summed E-state index contributed by atoms with van der Waals surface area (Å²) in [5.74, 6) is 0.748. The molecule has 0 unspecified atom stereocenters. The maximum atomic E-state index is 13.0. The number of amides is 1. The largest absolute Gasteiger partial charge is 0.391 e. The van der Waals surface area contributed by atoms with Crippen LogP contribution in [0.2, 0.25) is 0 Å². The third-order valence-electron chi connectivity index (χ3n) is 6.59. The number of carbonyl (C=O) groups excluding carboxylic acids is 1. The zero-order valence-electron chi connectivity index (χ0n) is 17.2. The van der Waals surface area contributed by atoms with Crippen LogP contribution in [0.3, 0.4) is 0 Å². The van der Waals surface area contributed by atoms with Crippen molar-refractivity contribution in [3.05, 3.63) is 59.8 Å². The van der Waals surface area contributed by atoms with Gasteiger partial charge in [0.15, 0.2) is 0 Å². The molecule has 2 fully saturated rings. The lowest BCUT2D eigenvalue weighted by atomic mass is 9.95. The molecule has 1 aliphatic heterocycles. The van der Waals surface area contributed by atoms with E-state index in [1.807, 2.05) is 6.07 Å². The molecule has 1 aromatic heterocycles. The van der Waals surface area contributed by atoms with Gasteiger partial charge in [0.25, 0.3) is 5.91 Å². The minimum Gasteiger partial charge on any atom is -0.391 e. The lowest BCUT2D eigenvalue weighted by molar-refractivity contribution is 0.0758. The standard InChI is InChI=1S/C23H30N4O2/c1-3-12-26(2)13-17-21(16-8-5-4-6-9-16)23(17)15-27(14-19(23)28)22(29)18-10-7-11-20(24)25-18/h4-11,17,19,21,28H,3,12-15H2,1-2H3,(H2,24,25)/t17-,19-,21-,23-/m1/s1. The van der Waals surface area contributed by atoms with E-state index in [1.54, 1.807) is 23.1 Å². The molecule has 6 heteroatoms. The van der Waals surface area contributed by atoms with E-state index in [1.165, 1.54) is 5.56 Å². The summed E-state index contributed by atoms with van der Waals surface area (Å²) in [5, 5.41) is 11.1. The second-order valence-corrected chi connectivity index (χ2v) is 8.52. The summed E-state index contributed by atoms with van der Waals surface area (Å²) in [7, 11) is 2.14. The molecule has 1 aliphatic carbocycles. The van der Waals surface area contributed by atoms with Crippen molar-refractivity contribution in [1.82, 2.24) is 14.8 Å². The fraction of sp³-hybridized carbons (Fsp3) is 0.478. The fourth-order valence-electron chi connectivity index (χ4n) is 5.26. The normalized spacial score (nSPS) is 28.3. The number of β-amino-alcohol motifs (C(OH)–C–C–N with tert-alkyl or cyclic N) is 1. The van der Waals surface area contributed by atoms with Crippen molar-refractivity contribution in [2.75, 3.05) is 39.0 Å². The molecule has 1 aromatic carbocycles. The Morgan fingerprint density at radius 1 is 1.28 bits per heavy atom. The molecule has 1 amide bonds. The summed E-state index contributed by atoms with van der Waals surface area (Å²) in [6, 6.07) is 15.5. The van der Waals surface area contributed by atoms with Crippen LogP contribution in [0.15, 0.2) is 48.5 Å². The number of nitrogens with zero attached hydrogens (tertiary/aromatic N) is 3. The van der Waals surface area contributed by atoms with Crippen molar-refractivity contribution in [3.8, 4) is 0 Å². The fourth-order valence-corrected chi connectivity index (χ4v) is 5.26. The quantitative estimate of drug-likeness (QED) is 0.785. The minimum atomic E-state index is -0.544. The van der Waals surface area contributed by atoms with E-state index in [0.29, 0.717) is 30.5 Å². The third-order valence-corrected chi connectivity index (χ3v) is 6.59. The first-order valence-electron chi connectivity index (χ1n) is 10.4. The highest BCUT2D eigenvalue weighted by Crippen LogP contribution is 2.69. The molecule has 1 spiro atoms. The molecule has 2 aliphatic rings. The summed E-state index contributed by atoms with van der Waals surface area (Å²) in [5.41, 5.74) is 7.05. The van der Waals surface area contributed by atoms with Gasteiger partial charge in [0.1, 0.15) is 11.5 Å². The predicted molar refractivity (Wildman–Crippen MR) is 113 cm³/mol. The molecule has 3 N–H and O–H groups in total. The molecule has 0 bridgehead atoms. The molecular formula is C23H30N4O2. The third kappa shape index (κ3) is 3.51. The highest BCUT2D eigenvalue weighted by molar-refractivity contribution is 5.93. The lowest BCUT2D eigenvalue weighted by Crippen LogP contribution is -2.31. The van der Waals surface area contributed by atoms with Crippen LogP contribution >= 0.6 is 0 Å². The van der Waals surface area contributed by atoms with E-state index in [4.69, 9.17) is 5.73 Å². The van der Waals surface area contributed by atoms with Crippen molar-refractivity contribution in [1.29, 1.82) is 0 Å². The lowest BCUT2D eigenvalue weighted by Gasteiger charge is -2.19. The molecule has 2 heterocycles. The van der Waals surface area contributed by atoms with Crippen LogP contribution in [0.1, 0.15) is 35.3 Å². The van der Waals surface area contributed by atoms with E-state index < -0.39 is 6.10 Å². The van der Waals surface area contributed by atoms with Gasteiger partial charge in [0.05, 0.1) is 6.10 Å². The molecule has 154 valence electrons. The number of pyridine rings is 1. The first-order valence-corrected chi connectivity index (χ1v) is 10.4. The van der Waals surface area contributed by atoms with Crippen LogP contribution < -0.4 is 5.73 Å². The molecule has 1 saturated carbocycles. The molecule has 2 aromatic rings. The molecule has 4 atom stereocenters. The van der Waals surface area contributed by atoms with Crippen LogP contribution in [0, 0.1) is 11.3 Å². The zero-order valence-corrected chi connectivity index (χ0v) is 17.2. The first kappa shape index (κ1) is 19.9. The Morgan fingerprint density at radius 2 is 2.03 bits per heavy atom. The summed E-state index contributed by atoms with van der Waals surface area (Å²) in [6.07, 6.45) is 0.554. The number of hydrogen-bond acceptors (Lipinski definition) is 5. The Labute approximate surface area is 172 Å². The number of aliphatic hydroxyl groups excluding tert-OH is 1. The van der Waals surface area contributed by atoms with Gasteiger partial charge < -0.3 is 20.6 Å². The van der Waals surface area contributed by atoms with E-state index in [2.05, 4.69) is 48.1 Å². The average molecular weight is 395 g/mol. The Bertz CT molecular complexity index is 874. The molecule has 0 radical (unpaired) electrons. The van der Waals surface area contributed by atoms with Gasteiger partial charge in [-0.15, -0.1) is 0 Å². The molecule has 29 heavy (non-hydrogen) atoms. The number of likely N-dealkylation sites (tertiary alicyclic amines) is 1. The predicted octanol–water partition coefficient (Wildman–Crippen LogP) is 2.22. The number of nitrogen functional groups attached to an aromatic ring is 1. The van der Waals surface area contributed by atoms with E-state index in [0.717, 1.165) is 19.5 Å². The van der Waals surface area contributed by atoms with Crippen LogP contribution in [0.25, 0.3) is 0 Å². The summed E-state index contributed by atoms with van der Waals surface area (Å²) in [6.45, 7) is 5.01. The number of carbonyl (C=O) groups is 1. The number of rotatable bonds is 6. The first-order chi connectivity index (χ1) is 14.0. The van der Waals surface area contributed by atoms with Crippen LogP contribution in [0.4, 0.5) is 5.82 Å². The highest BCUT2D eigenvalue weighted by atomic mass is 16.3. The summed E-state index contributed by atoms with van der Waals surface area (Å²) >= 11 is 0. The molecule has 6 nitrogen and oxygen atoms in total. The van der Waals surface area contributed by atoms with Gasteiger partial charge in [-0.25, -0.2) is 4.98 Å². The van der Waals surface area contributed by atoms with Crippen LogP contribution in [-0.4, -0.2) is 65.1 Å². The second-order valence-electron chi connectivity index (χ2n) is 8.52. The maximum Gasteiger partial charge on any atom is 0.272 e. The number of hydrogen-bond donors (Lipinski definition) is 2. The summed E-state index contributed by atoms with van der Waals surface area (Å²) < 4.78 is 0. The van der Waals surface area contributed by atoms with Gasteiger partial charge in [0.2, 0.25) is 0 Å². The van der Waals surface area contributed by atoms with Gasteiger partial charge in [0, 0.05) is 25.0 Å². The number of aliphatic hydroxyl groups is 1. The van der Waals surface area contributed by atoms with Gasteiger partial charge in [-0.05, 0) is 49.5 Å². The van der Waals surface area contributed by atoms with Crippen molar-refractivity contribution in [2.24, 2.45) is 11.3 Å². The van der Waals surface area contributed by atoms with E-state index in [9.17, 15) is 9.90 Å². The molecule has 1 saturated heterocycles. The maximum absolute atomic E-state index is 13.0. The van der Waals surface area contributed by atoms with Gasteiger partial charge >= 0.3 is 0 Å². The Morgan fingerprint density at radius 3 is 2.72 bits per heavy atom.